The lowest BCUT2D eigenvalue weighted by Gasteiger charge is -2.08. The lowest BCUT2D eigenvalue weighted by Crippen LogP contribution is -2.12. The van der Waals surface area contributed by atoms with Crippen molar-refractivity contribution in [2.24, 2.45) is 0 Å². The summed E-state index contributed by atoms with van der Waals surface area (Å²) in [6.45, 7) is 0. The summed E-state index contributed by atoms with van der Waals surface area (Å²) in [5, 5.41) is 21.8. The van der Waals surface area contributed by atoms with Gasteiger partial charge in [0.05, 0.1) is 16.3 Å². The van der Waals surface area contributed by atoms with Crippen LogP contribution in [0.2, 0.25) is 5.02 Å². The Morgan fingerprint density at radius 1 is 1.06 bits per heavy atom. The summed E-state index contributed by atoms with van der Waals surface area (Å²) in [5.41, 5.74) is 0.418. The Morgan fingerprint density at radius 2 is 1.78 bits per heavy atom. The first-order chi connectivity index (χ1) is 8.59. The normalized spacial score (nSPS) is 10.1. The number of amides is 1. The van der Waals surface area contributed by atoms with Gasteiger partial charge in [0.15, 0.2) is 11.5 Å². The van der Waals surface area contributed by atoms with E-state index in [0.29, 0.717) is 10.7 Å². The van der Waals surface area contributed by atoms with Crippen LogP contribution < -0.4 is 5.32 Å². The van der Waals surface area contributed by atoms with Crippen molar-refractivity contribution in [3.05, 3.63) is 53.1 Å². The fraction of sp³-hybridized carbons (Fsp3) is 0. The van der Waals surface area contributed by atoms with Crippen molar-refractivity contribution in [1.82, 2.24) is 0 Å². The van der Waals surface area contributed by atoms with Gasteiger partial charge in [0, 0.05) is 0 Å². The van der Waals surface area contributed by atoms with Crippen LogP contribution in [-0.4, -0.2) is 16.1 Å². The van der Waals surface area contributed by atoms with E-state index in [0.717, 1.165) is 0 Å². The quantitative estimate of drug-likeness (QED) is 0.730. The van der Waals surface area contributed by atoms with Crippen molar-refractivity contribution in [1.29, 1.82) is 0 Å². The number of nitrogens with one attached hydrogen (secondary N) is 1. The molecular weight excluding hydrogens is 254 g/mol. The second kappa shape index (κ2) is 4.98. The van der Waals surface area contributed by atoms with Crippen molar-refractivity contribution in [2.45, 2.75) is 0 Å². The first kappa shape index (κ1) is 12.3. The highest BCUT2D eigenvalue weighted by Crippen LogP contribution is 2.29. The Balaban J connectivity index is 2.28. The van der Waals surface area contributed by atoms with Crippen LogP contribution in [0.4, 0.5) is 5.69 Å². The molecule has 0 aliphatic rings. The van der Waals surface area contributed by atoms with E-state index in [-0.39, 0.29) is 11.3 Å². The maximum atomic E-state index is 11.9. The number of aromatic hydroxyl groups is 2. The molecule has 0 aliphatic heterocycles. The smallest absolute Gasteiger partial charge is 0.259 e. The third-order valence-electron chi connectivity index (χ3n) is 2.38. The average Bonchev–Trinajstić information content (AvgIpc) is 2.35. The van der Waals surface area contributed by atoms with Gasteiger partial charge in [0.1, 0.15) is 0 Å². The lowest BCUT2D eigenvalue weighted by atomic mass is 10.1. The van der Waals surface area contributed by atoms with E-state index in [1.54, 1.807) is 24.3 Å². The maximum Gasteiger partial charge on any atom is 0.259 e. The Labute approximate surface area is 108 Å². The van der Waals surface area contributed by atoms with Gasteiger partial charge in [0.2, 0.25) is 0 Å². The molecule has 3 N–H and O–H groups in total. The van der Waals surface area contributed by atoms with E-state index in [1.165, 1.54) is 18.2 Å². The van der Waals surface area contributed by atoms with Gasteiger partial charge in [-0.1, -0.05) is 29.8 Å². The van der Waals surface area contributed by atoms with Gasteiger partial charge >= 0.3 is 0 Å². The summed E-state index contributed by atoms with van der Waals surface area (Å²) >= 11 is 5.90. The third-order valence-corrected chi connectivity index (χ3v) is 2.71. The molecule has 1 amide bonds. The first-order valence-electron chi connectivity index (χ1n) is 5.16. The second-order valence-electron chi connectivity index (χ2n) is 3.61. The molecule has 0 fully saturated rings. The lowest BCUT2D eigenvalue weighted by molar-refractivity contribution is 0.102. The number of phenolic OH excluding ortho intramolecular Hbond substituents is 2. The molecule has 4 nitrogen and oxygen atoms in total. The molecule has 0 aromatic heterocycles. The monoisotopic (exact) mass is 263 g/mol. The molecule has 0 heterocycles. The van der Waals surface area contributed by atoms with Crippen molar-refractivity contribution in [2.75, 3.05) is 5.32 Å². The van der Waals surface area contributed by atoms with Crippen LogP contribution in [0.5, 0.6) is 11.5 Å². The molecule has 0 bridgehead atoms. The minimum atomic E-state index is -0.545. The van der Waals surface area contributed by atoms with Gasteiger partial charge in [-0.25, -0.2) is 0 Å². The minimum absolute atomic E-state index is 0.0186. The second-order valence-corrected chi connectivity index (χ2v) is 4.01. The highest BCUT2D eigenvalue weighted by molar-refractivity contribution is 6.33. The largest absolute Gasteiger partial charge is 0.504 e. The summed E-state index contributed by atoms with van der Waals surface area (Å²) in [4.78, 5) is 11.9. The number of rotatable bonds is 2. The zero-order valence-corrected chi connectivity index (χ0v) is 9.98. The Bertz CT molecular complexity index is 599. The molecule has 0 aliphatic carbocycles. The van der Waals surface area contributed by atoms with Crippen molar-refractivity contribution >= 4 is 23.2 Å². The molecule has 0 atom stereocenters. The van der Waals surface area contributed by atoms with E-state index in [1.807, 2.05) is 0 Å². The number of benzene rings is 2. The summed E-state index contributed by atoms with van der Waals surface area (Å²) in [7, 11) is 0. The number of para-hydroxylation sites is 2. The molecule has 2 aromatic carbocycles. The topological polar surface area (TPSA) is 69.6 Å². The van der Waals surface area contributed by atoms with Crippen LogP contribution in [0.15, 0.2) is 42.5 Å². The Kier molecular flexibility index (Phi) is 3.39. The zero-order chi connectivity index (χ0) is 13.1. The van der Waals surface area contributed by atoms with Crippen LogP contribution in [0, 0.1) is 0 Å². The fourth-order valence-electron chi connectivity index (χ4n) is 1.47. The summed E-state index contributed by atoms with van der Waals surface area (Å²) in [6.07, 6.45) is 0. The van der Waals surface area contributed by atoms with Gasteiger partial charge in [-0.2, -0.15) is 0 Å². The minimum Gasteiger partial charge on any atom is -0.504 e. The zero-order valence-electron chi connectivity index (χ0n) is 9.22. The maximum absolute atomic E-state index is 11.9. The highest BCUT2D eigenvalue weighted by atomic mass is 35.5. The molecule has 0 saturated heterocycles. The summed E-state index contributed by atoms with van der Waals surface area (Å²) < 4.78 is 0. The Morgan fingerprint density at radius 3 is 2.50 bits per heavy atom. The number of carbonyl (C=O) groups is 1. The molecule has 2 rings (SSSR count). The SMILES string of the molecule is O=C(Nc1ccccc1Cl)c1cccc(O)c1O. The molecular formula is C13H10ClNO3. The van der Waals surface area contributed by atoms with E-state index in [4.69, 9.17) is 11.6 Å². The number of halogens is 1. The van der Waals surface area contributed by atoms with Gasteiger partial charge in [-0.05, 0) is 24.3 Å². The van der Waals surface area contributed by atoms with Crippen molar-refractivity contribution < 1.29 is 15.0 Å². The third kappa shape index (κ3) is 2.38. The molecule has 18 heavy (non-hydrogen) atoms. The predicted octanol–water partition coefficient (Wildman–Crippen LogP) is 3.00. The number of hydrogen-bond acceptors (Lipinski definition) is 3. The van der Waals surface area contributed by atoms with Crippen molar-refractivity contribution in [3.63, 3.8) is 0 Å². The highest BCUT2D eigenvalue weighted by Gasteiger charge is 2.14. The van der Waals surface area contributed by atoms with Gasteiger partial charge in [-0.3, -0.25) is 4.79 Å². The molecule has 0 spiro atoms. The number of hydrogen-bond donors (Lipinski definition) is 3. The standard InChI is InChI=1S/C13H10ClNO3/c14-9-5-1-2-6-10(9)15-13(18)8-4-3-7-11(16)12(8)17/h1-7,16-17H,(H,15,18). The summed E-state index contributed by atoms with van der Waals surface area (Å²) in [6, 6.07) is 10.9. The van der Waals surface area contributed by atoms with Crippen LogP contribution >= 0.6 is 11.6 Å². The number of anilines is 1. The first-order valence-corrected chi connectivity index (χ1v) is 5.54. The summed E-state index contributed by atoms with van der Waals surface area (Å²) in [5.74, 6) is -1.35. The van der Waals surface area contributed by atoms with E-state index < -0.39 is 11.7 Å². The average molecular weight is 264 g/mol. The molecule has 0 unspecified atom stereocenters. The molecule has 0 saturated carbocycles. The van der Waals surface area contributed by atoms with Gasteiger partial charge in [0.25, 0.3) is 5.91 Å². The van der Waals surface area contributed by atoms with E-state index >= 15 is 0 Å². The number of carbonyl (C=O) groups excluding carboxylic acids is 1. The Hall–Kier alpha value is -2.20. The van der Waals surface area contributed by atoms with E-state index in [9.17, 15) is 15.0 Å². The molecule has 0 radical (unpaired) electrons. The van der Waals surface area contributed by atoms with Crippen molar-refractivity contribution in [3.8, 4) is 11.5 Å². The number of phenols is 2. The van der Waals surface area contributed by atoms with Gasteiger partial charge < -0.3 is 15.5 Å². The molecule has 92 valence electrons. The predicted molar refractivity (Wildman–Crippen MR) is 69.2 cm³/mol. The van der Waals surface area contributed by atoms with Gasteiger partial charge in [-0.15, -0.1) is 0 Å². The van der Waals surface area contributed by atoms with Crippen LogP contribution in [0.1, 0.15) is 10.4 Å². The van der Waals surface area contributed by atoms with Crippen LogP contribution in [-0.2, 0) is 0 Å². The van der Waals surface area contributed by atoms with Crippen LogP contribution in [0.3, 0.4) is 0 Å². The van der Waals surface area contributed by atoms with E-state index in [2.05, 4.69) is 5.32 Å². The molecule has 2 aromatic rings. The fourth-order valence-corrected chi connectivity index (χ4v) is 1.65. The molecule has 5 heteroatoms. The van der Waals surface area contributed by atoms with Crippen LogP contribution in [0.25, 0.3) is 0 Å².